The zero-order chi connectivity index (χ0) is 24.4. The fourth-order valence-electron chi connectivity index (χ4n) is 3.48. The molecule has 0 saturated carbocycles. The summed E-state index contributed by atoms with van der Waals surface area (Å²) in [6, 6.07) is 18.6. The second-order valence-corrected chi connectivity index (χ2v) is 9.67. The van der Waals surface area contributed by atoms with Crippen molar-refractivity contribution in [2.45, 2.75) is 0 Å². The number of halogens is 2. The van der Waals surface area contributed by atoms with Gasteiger partial charge in [0.15, 0.2) is 6.61 Å². The van der Waals surface area contributed by atoms with Crippen LogP contribution in [0.25, 0.3) is 11.3 Å². The molecule has 4 aromatic rings. The van der Waals surface area contributed by atoms with Gasteiger partial charge in [0.05, 0.1) is 30.4 Å². The number of aromatic nitrogens is 1. The van der Waals surface area contributed by atoms with Crippen molar-refractivity contribution < 1.29 is 14.3 Å². The first-order chi connectivity index (χ1) is 17.0. The van der Waals surface area contributed by atoms with Crippen molar-refractivity contribution in [3.8, 4) is 22.8 Å². The number of nitrogens with one attached hydrogen (secondary N) is 1. The Balaban J connectivity index is 1.64. The van der Waals surface area contributed by atoms with Crippen LogP contribution < -0.4 is 19.6 Å². The van der Waals surface area contributed by atoms with Crippen molar-refractivity contribution in [2.75, 3.05) is 19.0 Å². The average Bonchev–Trinajstić information content (AvgIpc) is 3.26. The monoisotopic (exact) mass is 568 g/mol. The Morgan fingerprint density at radius 2 is 2.00 bits per heavy atom. The SMILES string of the molecule is COc1ccc(Br)cc1/C=N\n1c(-c2ccc3c(c2)NC(=O)CO3)csc1=Nc1ccc(Cl)cc1. The number of fused-ring (bicyclic) bond motifs is 1. The van der Waals surface area contributed by atoms with E-state index in [9.17, 15) is 4.79 Å². The lowest BCUT2D eigenvalue weighted by atomic mass is 10.1. The number of carbonyl (C=O) groups is 1. The van der Waals surface area contributed by atoms with E-state index in [4.69, 9.17) is 31.2 Å². The number of amides is 1. The molecule has 0 spiro atoms. The standard InChI is InChI=1S/C25H18BrClN4O3S/c1-33-22-9-3-17(26)10-16(22)12-28-31-21(14-35-25(31)29-19-6-4-18(27)5-7-19)15-2-8-23-20(11-15)30-24(32)13-34-23/h2-12,14H,13H2,1H3,(H,30,32)/b28-12-,29-25?. The molecule has 0 radical (unpaired) electrons. The van der Waals surface area contributed by atoms with Gasteiger partial charge in [0.25, 0.3) is 5.91 Å². The van der Waals surface area contributed by atoms with Crippen LogP contribution in [0.5, 0.6) is 11.5 Å². The van der Waals surface area contributed by atoms with Crippen LogP contribution in [0.15, 0.2) is 80.6 Å². The molecule has 2 heterocycles. The summed E-state index contributed by atoms with van der Waals surface area (Å²) in [4.78, 5) is 17.2. The Hall–Kier alpha value is -3.40. The first-order valence-electron chi connectivity index (χ1n) is 10.5. The molecule has 0 fully saturated rings. The molecule has 1 aliphatic heterocycles. The topological polar surface area (TPSA) is 77.2 Å². The number of nitrogens with zero attached hydrogens (tertiary/aromatic N) is 3. The largest absolute Gasteiger partial charge is 0.496 e. The predicted molar refractivity (Wildman–Crippen MR) is 142 cm³/mol. The van der Waals surface area contributed by atoms with Crippen molar-refractivity contribution in [3.63, 3.8) is 0 Å². The van der Waals surface area contributed by atoms with Crippen molar-refractivity contribution in [2.24, 2.45) is 10.1 Å². The molecule has 0 atom stereocenters. The molecule has 0 saturated heterocycles. The van der Waals surface area contributed by atoms with Gasteiger partial charge in [-0.3, -0.25) is 4.79 Å². The smallest absolute Gasteiger partial charge is 0.262 e. The Bertz CT molecular complexity index is 1510. The quantitative estimate of drug-likeness (QED) is 0.296. The molecule has 1 aliphatic rings. The molecule has 7 nitrogen and oxygen atoms in total. The Labute approximate surface area is 218 Å². The molecule has 1 N–H and O–H groups in total. The second-order valence-electron chi connectivity index (χ2n) is 7.48. The Morgan fingerprint density at radius 1 is 1.17 bits per heavy atom. The van der Waals surface area contributed by atoms with Crippen LogP contribution in [0.1, 0.15) is 5.56 Å². The lowest BCUT2D eigenvalue weighted by Gasteiger charge is -2.18. The fourth-order valence-corrected chi connectivity index (χ4v) is 4.84. The van der Waals surface area contributed by atoms with E-state index in [0.29, 0.717) is 27.0 Å². The maximum Gasteiger partial charge on any atom is 0.262 e. The van der Waals surface area contributed by atoms with E-state index in [-0.39, 0.29) is 12.5 Å². The van der Waals surface area contributed by atoms with E-state index in [1.54, 1.807) is 30.1 Å². The summed E-state index contributed by atoms with van der Waals surface area (Å²) in [5.74, 6) is 1.13. The summed E-state index contributed by atoms with van der Waals surface area (Å²) in [6.45, 7) is 0.00762. The molecule has 1 aromatic heterocycles. The number of hydrogen-bond donors (Lipinski definition) is 1. The highest BCUT2D eigenvalue weighted by Crippen LogP contribution is 2.33. The maximum atomic E-state index is 11.8. The predicted octanol–water partition coefficient (Wildman–Crippen LogP) is 6.09. The zero-order valence-electron chi connectivity index (χ0n) is 18.4. The molecular formula is C25H18BrClN4O3S. The normalized spacial score (nSPS) is 13.5. The number of carbonyl (C=O) groups excluding carboxylic acids is 1. The third-order valence-electron chi connectivity index (χ3n) is 5.15. The van der Waals surface area contributed by atoms with Crippen LogP contribution in [-0.2, 0) is 4.79 Å². The van der Waals surface area contributed by atoms with E-state index in [1.165, 1.54) is 11.3 Å². The minimum atomic E-state index is -0.189. The summed E-state index contributed by atoms with van der Waals surface area (Å²) in [5.41, 5.74) is 3.82. The van der Waals surface area contributed by atoms with Crippen LogP contribution in [0.4, 0.5) is 11.4 Å². The summed E-state index contributed by atoms with van der Waals surface area (Å²) >= 11 is 11.0. The van der Waals surface area contributed by atoms with Crippen molar-refractivity contribution in [1.82, 2.24) is 4.68 Å². The third-order valence-corrected chi connectivity index (χ3v) is 6.71. The third kappa shape index (κ3) is 5.17. The van der Waals surface area contributed by atoms with Gasteiger partial charge in [-0.15, -0.1) is 11.3 Å². The molecule has 1 amide bonds. The fraction of sp³-hybridized carbons (Fsp3) is 0.0800. The average molecular weight is 570 g/mol. The number of anilines is 1. The van der Waals surface area contributed by atoms with Gasteiger partial charge in [-0.25, -0.2) is 9.67 Å². The number of hydrogen-bond acceptors (Lipinski definition) is 6. The highest BCUT2D eigenvalue weighted by molar-refractivity contribution is 9.10. The number of rotatable bonds is 5. The van der Waals surface area contributed by atoms with Crippen LogP contribution in [-0.4, -0.2) is 30.5 Å². The van der Waals surface area contributed by atoms with Crippen LogP contribution in [0.2, 0.25) is 5.02 Å². The summed E-state index contributed by atoms with van der Waals surface area (Å²) < 4.78 is 13.7. The number of ether oxygens (including phenoxy) is 2. The van der Waals surface area contributed by atoms with E-state index >= 15 is 0 Å². The van der Waals surface area contributed by atoms with Crippen molar-refractivity contribution >= 4 is 62.4 Å². The molecular weight excluding hydrogens is 552 g/mol. The minimum absolute atomic E-state index is 0.00762. The first kappa shape index (κ1) is 23.3. The van der Waals surface area contributed by atoms with Crippen molar-refractivity contribution in [3.05, 3.63) is 85.9 Å². The Kier molecular flexibility index (Phi) is 6.72. The lowest BCUT2D eigenvalue weighted by molar-refractivity contribution is -0.118. The van der Waals surface area contributed by atoms with E-state index in [2.05, 4.69) is 21.2 Å². The molecule has 35 heavy (non-hydrogen) atoms. The summed E-state index contributed by atoms with van der Waals surface area (Å²) in [5, 5.41) is 10.2. The molecule has 0 bridgehead atoms. The van der Waals surface area contributed by atoms with Gasteiger partial charge in [0, 0.05) is 26.0 Å². The molecule has 0 aliphatic carbocycles. The molecule has 0 unspecified atom stereocenters. The number of methoxy groups -OCH3 is 1. The van der Waals surface area contributed by atoms with Crippen LogP contribution >= 0.6 is 38.9 Å². The molecule has 3 aromatic carbocycles. The van der Waals surface area contributed by atoms with Gasteiger partial charge < -0.3 is 14.8 Å². The van der Waals surface area contributed by atoms with Crippen LogP contribution in [0, 0.1) is 0 Å². The van der Waals surface area contributed by atoms with Gasteiger partial charge in [-0.1, -0.05) is 27.5 Å². The second kappa shape index (κ2) is 10.1. The molecule has 5 rings (SSSR count). The van der Waals surface area contributed by atoms with Gasteiger partial charge in [0.2, 0.25) is 4.80 Å². The maximum absolute atomic E-state index is 11.8. The molecule has 10 heteroatoms. The van der Waals surface area contributed by atoms with Crippen molar-refractivity contribution in [1.29, 1.82) is 0 Å². The lowest BCUT2D eigenvalue weighted by Crippen LogP contribution is -2.25. The number of benzene rings is 3. The van der Waals surface area contributed by atoms with Gasteiger partial charge >= 0.3 is 0 Å². The highest BCUT2D eigenvalue weighted by Gasteiger charge is 2.18. The Morgan fingerprint density at radius 3 is 2.80 bits per heavy atom. The highest BCUT2D eigenvalue weighted by atomic mass is 79.9. The van der Waals surface area contributed by atoms with E-state index in [0.717, 1.165) is 27.0 Å². The van der Waals surface area contributed by atoms with Gasteiger partial charge in [-0.2, -0.15) is 5.10 Å². The molecule has 176 valence electrons. The van der Waals surface area contributed by atoms with E-state index < -0.39 is 0 Å². The zero-order valence-corrected chi connectivity index (χ0v) is 21.5. The van der Waals surface area contributed by atoms with E-state index in [1.807, 2.05) is 53.9 Å². The van der Waals surface area contributed by atoms with Gasteiger partial charge in [-0.05, 0) is 60.7 Å². The minimum Gasteiger partial charge on any atom is -0.496 e. The number of thiazole rings is 1. The van der Waals surface area contributed by atoms with Gasteiger partial charge in [0.1, 0.15) is 11.5 Å². The summed E-state index contributed by atoms with van der Waals surface area (Å²) in [7, 11) is 1.62. The first-order valence-corrected chi connectivity index (χ1v) is 12.5. The van der Waals surface area contributed by atoms with Crippen LogP contribution in [0.3, 0.4) is 0 Å². The summed E-state index contributed by atoms with van der Waals surface area (Å²) in [6.07, 6.45) is 1.73.